The zero-order chi connectivity index (χ0) is 40.9. The van der Waals surface area contributed by atoms with Crippen molar-refractivity contribution in [3.63, 3.8) is 0 Å². The topological polar surface area (TPSA) is 113 Å². The maximum atomic E-state index is 15.5. The van der Waals surface area contributed by atoms with Crippen LogP contribution < -0.4 is 0 Å². The largest absolute Gasteiger partial charge is 0.481 e. The van der Waals surface area contributed by atoms with Crippen LogP contribution in [0.3, 0.4) is 0 Å². The number of carboxylic acids is 1. The van der Waals surface area contributed by atoms with E-state index in [4.69, 9.17) is 9.72 Å². The molecule has 11 atom stereocenters. The summed E-state index contributed by atoms with van der Waals surface area (Å²) in [6.45, 7) is 23.2. The molecule has 6 fully saturated rings. The van der Waals surface area contributed by atoms with Gasteiger partial charge in [0.25, 0.3) is 0 Å². The Hall–Kier alpha value is -3.42. The molecule has 1 aromatic heterocycles. The number of likely N-dealkylation sites (tertiary alicyclic amines) is 1. The van der Waals surface area contributed by atoms with E-state index in [0.717, 1.165) is 94.3 Å². The van der Waals surface area contributed by atoms with E-state index < -0.39 is 17.4 Å². The monoisotopic (exact) mass is 780 g/mol. The van der Waals surface area contributed by atoms with Gasteiger partial charge in [0.05, 0.1) is 35.2 Å². The Kier molecular flexibility index (Phi) is 9.79. The number of carboxylic acid groups (broad SMARTS) is 1. The summed E-state index contributed by atoms with van der Waals surface area (Å²) in [6.07, 6.45) is 13.9. The van der Waals surface area contributed by atoms with Gasteiger partial charge in [-0.3, -0.25) is 14.4 Å². The van der Waals surface area contributed by atoms with Crippen molar-refractivity contribution in [1.82, 2.24) is 14.9 Å². The number of benzene rings is 1. The number of imidazole rings is 1. The highest BCUT2D eigenvalue weighted by molar-refractivity contribution is 5.85. The third kappa shape index (κ3) is 6.01. The smallest absolute Gasteiger partial charge is 0.309 e. The van der Waals surface area contributed by atoms with Gasteiger partial charge in [-0.05, 0) is 149 Å². The molecule has 0 bridgehead atoms. The Morgan fingerprint density at radius 3 is 2.35 bits per heavy atom. The third-order valence-electron chi connectivity index (χ3n) is 18.4. The molecule has 310 valence electrons. The Morgan fingerprint density at radius 1 is 0.912 bits per heavy atom. The van der Waals surface area contributed by atoms with Gasteiger partial charge in [-0.2, -0.15) is 0 Å². The number of hydrogen-bond acceptors (Lipinski definition) is 5. The molecule has 2 heterocycles. The number of allylic oxidation sites excluding steroid dienone is 1. The standard InChI is InChI=1S/C49H69N3O5/c1-30(2)32-19-24-49(42(54)52-27-13-16-35(52)41-50-29-34(51-41)31-14-11-10-12-15-31)26-25-47(8)33(40(32)49)17-18-37-46(7)22-21-38(57-39(53)28-44(3,4)43(55)56)45(5,6)36(46)20-23-48(37,47)9/h10-12,14-15,29,32-33,35-38,40H,1,13,16-28H2,2-9H3,(H,50,51)(H,55,56)/t32-,33+,35-,36-,37+,38-,40+,46-,47+,48+,49-/m0/s1. The number of rotatable bonds is 8. The van der Waals surface area contributed by atoms with Gasteiger partial charge in [0.1, 0.15) is 11.9 Å². The molecule has 2 N–H and O–H groups in total. The van der Waals surface area contributed by atoms with Gasteiger partial charge >= 0.3 is 11.9 Å². The van der Waals surface area contributed by atoms with Crippen LogP contribution >= 0.6 is 0 Å². The normalized spacial score (nSPS) is 39.6. The van der Waals surface area contributed by atoms with E-state index in [0.29, 0.717) is 35.5 Å². The molecule has 0 radical (unpaired) electrons. The van der Waals surface area contributed by atoms with Crippen LogP contribution in [0.15, 0.2) is 48.7 Å². The molecule has 2 aromatic rings. The molecule has 6 aliphatic rings. The summed E-state index contributed by atoms with van der Waals surface area (Å²) in [5.41, 5.74) is 1.95. The molecule has 5 saturated carbocycles. The van der Waals surface area contributed by atoms with Gasteiger partial charge in [-0.1, -0.05) is 77.1 Å². The van der Waals surface area contributed by atoms with E-state index >= 15 is 4.79 Å². The second kappa shape index (κ2) is 13.8. The van der Waals surface area contributed by atoms with Gasteiger partial charge in [0, 0.05) is 12.0 Å². The Labute approximate surface area is 341 Å². The van der Waals surface area contributed by atoms with Crippen LogP contribution in [0.25, 0.3) is 11.3 Å². The van der Waals surface area contributed by atoms with Crippen molar-refractivity contribution >= 4 is 17.8 Å². The maximum absolute atomic E-state index is 15.5. The summed E-state index contributed by atoms with van der Waals surface area (Å²) < 4.78 is 6.22. The summed E-state index contributed by atoms with van der Waals surface area (Å²) >= 11 is 0. The Balaban J connectivity index is 1.06. The number of aromatic nitrogens is 2. The fourth-order valence-electron chi connectivity index (χ4n) is 15.2. The molecular weight excluding hydrogens is 711 g/mol. The molecule has 0 spiro atoms. The number of fused-ring (bicyclic) bond motifs is 7. The minimum absolute atomic E-state index is 0.0212. The lowest BCUT2D eigenvalue weighted by Gasteiger charge is -2.73. The minimum Gasteiger partial charge on any atom is -0.481 e. The molecule has 1 aliphatic heterocycles. The average Bonchev–Trinajstić information content (AvgIpc) is 3.92. The van der Waals surface area contributed by atoms with Gasteiger partial charge in [0.15, 0.2) is 0 Å². The predicted octanol–water partition coefficient (Wildman–Crippen LogP) is 10.8. The molecule has 1 aromatic carbocycles. The lowest BCUT2D eigenvalue weighted by molar-refractivity contribution is -0.250. The van der Waals surface area contributed by atoms with Crippen LogP contribution in [0.2, 0.25) is 0 Å². The summed E-state index contributed by atoms with van der Waals surface area (Å²) in [5.74, 6) is 1.96. The molecule has 57 heavy (non-hydrogen) atoms. The second-order valence-corrected chi connectivity index (χ2v) is 21.8. The fourth-order valence-corrected chi connectivity index (χ4v) is 15.2. The minimum atomic E-state index is -1.15. The van der Waals surface area contributed by atoms with Crippen molar-refractivity contribution in [3.8, 4) is 11.3 Å². The van der Waals surface area contributed by atoms with Gasteiger partial charge < -0.3 is 19.7 Å². The lowest BCUT2D eigenvalue weighted by atomic mass is 9.32. The highest BCUT2D eigenvalue weighted by Gasteiger charge is 2.72. The zero-order valence-electron chi connectivity index (χ0n) is 36.1. The first kappa shape index (κ1) is 40.4. The molecule has 8 rings (SSSR count). The summed E-state index contributed by atoms with van der Waals surface area (Å²) in [6, 6.07) is 10.3. The van der Waals surface area contributed by atoms with Crippen molar-refractivity contribution in [2.24, 2.45) is 62.1 Å². The quantitative estimate of drug-likeness (QED) is 0.204. The molecular formula is C49H69N3O5. The first-order valence-corrected chi connectivity index (χ1v) is 22.3. The summed E-state index contributed by atoms with van der Waals surface area (Å²) in [5, 5.41) is 9.66. The predicted molar refractivity (Wildman–Crippen MR) is 223 cm³/mol. The summed E-state index contributed by atoms with van der Waals surface area (Å²) in [4.78, 5) is 51.2. The molecule has 1 amide bonds. The fraction of sp³-hybridized carbons (Fsp3) is 0.714. The first-order valence-electron chi connectivity index (χ1n) is 22.3. The van der Waals surface area contributed by atoms with Gasteiger partial charge in [-0.25, -0.2) is 4.98 Å². The van der Waals surface area contributed by atoms with Crippen LogP contribution in [-0.4, -0.2) is 50.5 Å². The molecule has 5 aliphatic carbocycles. The molecule has 1 saturated heterocycles. The molecule has 8 heteroatoms. The van der Waals surface area contributed by atoms with E-state index in [1.807, 2.05) is 12.3 Å². The van der Waals surface area contributed by atoms with E-state index in [-0.39, 0.29) is 45.6 Å². The average molecular weight is 780 g/mol. The molecule has 8 nitrogen and oxygen atoms in total. The summed E-state index contributed by atoms with van der Waals surface area (Å²) in [7, 11) is 0. The number of aliphatic carboxylic acids is 1. The van der Waals surface area contributed by atoms with E-state index in [2.05, 4.69) is 82.3 Å². The number of H-pyrrole nitrogens is 1. The highest BCUT2D eigenvalue weighted by atomic mass is 16.5. The lowest BCUT2D eigenvalue weighted by Crippen LogP contribution is -2.67. The number of esters is 1. The van der Waals surface area contributed by atoms with Crippen molar-refractivity contribution in [2.75, 3.05) is 6.54 Å². The van der Waals surface area contributed by atoms with E-state index in [9.17, 15) is 14.7 Å². The third-order valence-corrected chi connectivity index (χ3v) is 18.4. The number of aromatic amines is 1. The maximum Gasteiger partial charge on any atom is 0.309 e. The number of ether oxygens (including phenoxy) is 1. The van der Waals surface area contributed by atoms with Crippen molar-refractivity contribution in [2.45, 2.75) is 151 Å². The van der Waals surface area contributed by atoms with Crippen LogP contribution in [-0.2, 0) is 19.1 Å². The van der Waals surface area contributed by atoms with Gasteiger partial charge in [-0.15, -0.1) is 0 Å². The van der Waals surface area contributed by atoms with Gasteiger partial charge in [0.2, 0.25) is 5.91 Å². The van der Waals surface area contributed by atoms with E-state index in [1.165, 1.54) is 12.0 Å². The number of amides is 1. The number of nitrogens with zero attached hydrogens (tertiary/aromatic N) is 2. The zero-order valence-corrected chi connectivity index (χ0v) is 36.1. The van der Waals surface area contributed by atoms with Crippen LogP contribution in [0.5, 0.6) is 0 Å². The molecule has 0 unspecified atom stereocenters. The number of carbonyl (C=O) groups is 3. The van der Waals surface area contributed by atoms with Crippen LogP contribution in [0.4, 0.5) is 0 Å². The first-order chi connectivity index (χ1) is 26.8. The van der Waals surface area contributed by atoms with Crippen LogP contribution in [0, 0.1) is 62.1 Å². The Morgan fingerprint density at radius 2 is 1.65 bits per heavy atom. The Bertz CT molecular complexity index is 1920. The van der Waals surface area contributed by atoms with Crippen LogP contribution in [0.1, 0.15) is 151 Å². The highest BCUT2D eigenvalue weighted by Crippen LogP contribution is 2.78. The SMILES string of the molecule is C=C(C)[C@@H]1CC[C@]2(C(=O)N3CCC[C@H]3c3ncc(-c4ccccc4)[nH]3)CC[C@]3(C)[C@H](CC[C@@H]4[C@@]5(C)CC[C@H](OC(=O)CC(C)(C)C(=O)O)C(C)(C)[C@@H]5CC[C@]43C)[C@@H]12. The number of carbonyl (C=O) groups excluding carboxylic acids is 2. The number of nitrogens with one attached hydrogen (secondary N) is 1. The van der Waals surface area contributed by atoms with Crippen molar-refractivity contribution in [3.05, 3.63) is 54.5 Å². The second-order valence-electron chi connectivity index (χ2n) is 21.8. The number of hydrogen-bond donors (Lipinski definition) is 2. The van der Waals surface area contributed by atoms with Crippen molar-refractivity contribution in [1.29, 1.82) is 0 Å². The van der Waals surface area contributed by atoms with Crippen molar-refractivity contribution < 1.29 is 24.2 Å². The van der Waals surface area contributed by atoms with E-state index in [1.54, 1.807) is 13.8 Å².